The second-order valence-corrected chi connectivity index (χ2v) is 5.62. The summed E-state index contributed by atoms with van der Waals surface area (Å²) in [6, 6.07) is 2.03. The number of likely N-dealkylation sites (tertiary alicyclic amines) is 1. The standard InChI is InChI=1S/C15H21N3O/c19-15(12-5-2-1-3-6-12)18-10-4-7-13(11-18)14-8-9-16-17-14/h1-2,8-9,12-13H,3-7,10-11H2,(H,16,17)/t12-,13+/m1/s1. The van der Waals surface area contributed by atoms with Gasteiger partial charge in [0, 0.05) is 36.8 Å². The number of hydrogen-bond donors (Lipinski definition) is 1. The van der Waals surface area contributed by atoms with Crippen LogP contribution in [-0.4, -0.2) is 34.1 Å². The molecule has 1 aromatic heterocycles. The minimum absolute atomic E-state index is 0.213. The molecule has 1 aliphatic carbocycles. The molecule has 3 rings (SSSR count). The molecule has 0 saturated carbocycles. The first-order valence-corrected chi connectivity index (χ1v) is 7.27. The van der Waals surface area contributed by atoms with E-state index in [0.717, 1.165) is 45.2 Å². The summed E-state index contributed by atoms with van der Waals surface area (Å²) in [5.74, 6) is 0.999. The molecule has 2 aliphatic rings. The van der Waals surface area contributed by atoms with Crippen molar-refractivity contribution in [2.45, 2.75) is 38.0 Å². The van der Waals surface area contributed by atoms with Gasteiger partial charge in [-0.2, -0.15) is 5.10 Å². The van der Waals surface area contributed by atoms with E-state index in [4.69, 9.17) is 0 Å². The first-order valence-electron chi connectivity index (χ1n) is 7.27. The Balaban J connectivity index is 1.64. The van der Waals surface area contributed by atoms with Crippen LogP contribution in [0.4, 0.5) is 0 Å². The van der Waals surface area contributed by atoms with Crippen LogP contribution in [0.3, 0.4) is 0 Å². The second kappa shape index (κ2) is 5.59. The largest absolute Gasteiger partial charge is 0.342 e. The van der Waals surface area contributed by atoms with Gasteiger partial charge < -0.3 is 4.90 Å². The molecular formula is C15H21N3O. The van der Waals surface area contributed by atoms with Crippen LogP contribution in [0.25, 0.3) is 0 Å². The molecule has 4 heteroatoms. The summed E-state index contributed by atoms with van der Waals surface area (Å²) in [5, 5.41) is 7.07. The summed E-state index contributed by atoms with van der Waals surface area (Å²) in [5.41, 5.74) is 1.17. The minimum Gasteiger partial charge on any atom is -0.342 e. The monoisotopic (exact) mass is 259 g/mol. The first kappa shape index (κ1) is 12.5. The van der Waals surface area contributed by atoms with E-state index < -0.39 is 0 Å². The minimum atomic E-state index is 0.213. The Morgan fingerprint density at radius 3 is 3.05 bits per heavy atom. The molecule has 0 spiro atoms. The van der Waals surface area contributed by atoms with Crippen molar-refractivity contribution < 1.29 is 4.79 Å². The predicted molar refractivity (Wildman–Crippen MR) is 73.6 cm³/mol. The van der Waals surface area contributed by atoms with Crippen molar-refractivity contribution in [1.82, 2.24) is 15.1 Å². The zero-order chi connectivity index (χ0) is 13.1. The van der Waals surface area contributed by atoms with E-state index in [1.807, 2.05) is 6.07 Å². The zero-order valence-electron chi connectivity index (χ0n) is 11.2. The lowest BCUT2D eigenvalue weighted by Gasteiger charge is -2.35. The van der Waals surface area contributed by atoms with Gasteiger partial charge in [-0.15, -0.1) is 0 Å². The first-order chi connectivity index (χ1) is 9.34. The number of amides is 1. The Hall–Kier alpha value is -1.58. The lowest BCUT2D eigenvalue weighted by atomic mass is 9.90. The Bertz CT molecular complexity index is 452. The quantitative estimate of drug-likeness (QED) is 0.829. The van der Waals surface area contributed by atoms with Gasteiger partial charge in [0.25, 0.3) is 0 Å². The Labute approximate surface area is 113 Å². The van der Waals surface area contributed by atoms with Crippen molar-refractivity contribution in [1.29, 1.82) is 0 Å². The van der Waals surface area contributed by atoms with Gasteiger partial charge in [0.05, 0.1) is 0 Å². The predicted octanol–water partition coefficient (Wildman–Crippen LogP) is 2.47. The van der Waals surface area contributed by atoms with Crippen LogP contribution in [0.1, 0.15) is 43.7 Å². The highest BCUT2D eigenvalue weighted by Gasteiger charge is 2.29. The van der Waals surface area contributed by atoms with E-state index in [-0.39, 0.29) is 5.92 Å². The number of nitrogens with zero attached hydrogens (tertiary/aromatic N) is 2. The molecule has 0 radical (unpaired) electrons. The fourth-order valence-corrected chi connectivity index (χ4v) is 3.20. The summed E-state index contributed by atoms with van der Waals surface area (Å²) < 4.78 is 0. The maximum atomic E-state index is 12.5. The molecule has 0 bridgehead atoms. The topological polar surface area (TPSA) is 49.0 Å². The number of carbonyl (C=O) groups excluding carboxylic acids is 1. The van der Waals surface area contributed by atoms with E-state index in [0.29, 0.717) is 11.8 Å². The summed E-state index contributed by atoms with van der Waals surface area (Å²) in [6.45, 7) is 1.77. The third kappa shape index (κ3) is 2.72. The Kier molecular flexibility index (Phi) is 3.67. The number of allylic oxidation sites excluding steroid dienone is 2. The fraction of sp³-hybridized carbons (Fsp3) is 0.600. The number of aromatic amines is 1. The number of hydrogen-bond acceptors (Lipinski definition) is 2. The molecule has 1 fully saturated rings. The van der Waals surface area contributed by atoms with Gasteiger partial charge in [-0.25, -0.2) is 0 Å². The maximum Gasteiger partial charge on any atom is 0.226 e. The average molecular weight is 259 g/mol. The highest BCUT2D eigenvalue weighted by molar-refractivity contribution is 5.79. The zero-order valence-corrected chi connectivity index (χ0v) is 11.2. The summed E-state index contributed by atoms with van der Waals surface area (Å²) in [4.78, 5) is 14.6. The second-order valence-electron chi connectivity index (χ2n) is 5.62. The number of nitrogens with one attached hydrogen (secondary N) is 1. The van der Waals surface area contributed by atoms with Crippen molar-refractivity contribution in [3.63, 3.8) is 0 Å². The fourth-order valence-electron chi connectivity index (χ4n) is 3.20. The molecule has 4 nitrogen and oxygen atoms in total. The van der Waals surface area contributed by atoms with Crippen LogP contribution in [0.2, 0.25) is 0 Å². The highest BCUT2D eigenvalue weighted by atomic mass is 16.2. The average Bonchev–Trinajstić information content (AvgIpc) is 3.02. The molecule has 2 heterocycles. The van der Waals surface area contributed by atoms with Gasteiger partial charge in [-0.3, -0.25) is 9.89 Å². The van der Waals surface area contributed by atoms with Gasteiger partial charge in [0.15, 0.2) is 0 Å². The van der Waals surface area contributed by atoms with Gasteiger partial charge in [0.2, 0.25) is 5.91 Å². The molecule has 1 saturated heterocycles. The van der Waals surface area contributed by atoms with E-state index in [2.05, 4.69) is 27.2 Å². The van der Waals surface area contributed by atoms with E-state index in [1.54, 1.807) is 6.20 Å². The van der Waals surface area contributed by atoms with Crippen molar-refractivity contribution in [3.05, 3.63) is 30.1 Å². The molecular weight excluding hydrogens is 238 g/mol. The number of aromatic nitrogens is 2. The molecule has 1 aliphatic heterocycles. The maximum absolute atomic E-state index is 12.5. The van der Waals surface area contributed by atoms with Crippen LogP contribution in [0.15, 0.2) is 24.4 Å². The van der Waals surface area contributed by atoms with Crippen molar-refractivity contribution in [3.8, 4) is 0 Å². The van der Waals surface area contributed by atoms with Gasteiger partial charge in [-0.1, -0.05) is 12.2 Å². The van der Waals surface area contributed by atoms with Crippen LogP contribution in [0.5, 0.6) is 0 Å². The summed E-state index contributed by atoms with van der Waals surface area (Å²) >= 11 is 0. The molecule has 1 amide bonds. The van der Waals surface area contributed by atoms with E-state index in [1.165, 1.54) is 5.69 Å². The number of H-pyrrole nitrogens is 1. The smallest absolute Gasteiger partial charge is 0.226 e. The van der Waals surface area contributed by atoms with Crippen LogP contribution >= 0.6 is 0 Å². The van der Waals surface area contributed by atoms with Crippen molar-refractivity contribution in [2.75, 3.05) is 13.1 Å². The van der Waals surface area contributed by atoms with Crippen molar-refractivity contribution >= 4 is 5.91 Å². The highest BCUT2D eigenvalue weighted by Crippen LogP contribution is 2.28. The van der Waals surface area contributed by atoms with Gasteiger partial charge >= 0.3 is 0 Å². The summed E-state index contributed by atoms with van der Waals surface area (Å²) in [7, 11) is 0. The third-order valence-corrected chi connectivity index (χ3v) is 4.31. The lowest BCUT2D eigenvalue weighted by molar-refractivity contribution is -0.137. The Morgan fingerprint density at radius 2 is 2.32 bits per heavy atom. The molecule has 102 valence electrons. The van der Waals surface area contributed by atoms with Crippen LogP contribution < -0.4 is 0 Å². The third-order valence-electron chi connectivity index (χ3n) is 4.31. The van der Waals surface area contributed by atoms with E-state index >= 15 is 0 Å². The SMILES string of the molecule is O=C([C@@H]1CC=CCC1)N1CCC[C@H](c2ccn[nH]2)C1. The number of carbonyl (C=O) groups is 1. The summed E-state index contributed by atoms with van der Waals surface area (Å²) in [6.07, 6.45) is 11.4. The lowest BCUT2D eigenvalue weighted by Crippen LogP contribution is -2.42. The van der Waals surface area contributed by atoms with E-state index in [9.17, 15) is 4.79 Å². The van der Waals surface area contributed by atoms with Gasteiger partial charge in [-0.05, 0) is 38.2 Å². The number of rotatable bonds is 2. The molecule has 1 aromatic rings. The Morgan fingerprint density at radius 1 is 1.37 bits per heavy atom. The molecule has 0 aromatic carbocycles. The number of piperidine rings is 1. The molecule has 19 heavy (non-hydrogen) atoms. The van der Waals surface area contributed by atoms with Crippen LogP contribution in [-0.2, 0) is 4.79 Å². The molecule has 1 N–H and O–H groups in total. The normalized spacial score (nSPS) is 27.5. The molecule has 0 unspecified atom stereocenters. The van der Waals surface area contributed by atoms with Crippen LogP contribution in [0, 0.1) is 5.92 Å². The van der Waals surface area contributed by atoms with Gasteiger partial charge in [0.1, 0.15) is 0 Å². The molecule has 2 atom stereocenters. The van der Waals surface area contributed by atoms with Crippen molar-refractivity contribution in [2.24, 2.45) is 5.92 Å².